The number of aliphatic imine (C=N–C) groups is 1. The lowest BCUT2D eigenvalue weighted by Gasteiger charge is -2.38. The maximum absolute atomic E-state index is 11.1. The Morgan fingerprint density at radius 1 is 1.35 bits per heavy atom. The number of para-hydroxylation sites is 1. The molecule has 8 heteroatoms. The van der Waals surface area contributed by atoms with E-state index in [0.717, 1.165) is 36.5 Å². The molecule has 1 aromatic rings. The van der Waals surface area contributed by atoms with E-state index in [9.17, 15) is 8.42 Å². The molecule has 0 aliphatic carbocycles. The monoisotopic (exact) mass is 382 g/mol. The molecule has 0 spiro atoms. The van der Waals surface area contributed by atoms with E-state index in [0.29, 0.717) is 19.5 Å². The normalized spacial score (nSPS) is 19.4. The van der Waals surface area contributed by atoms with Crippen LogP contribution in [0.1, 0.15) is 45.2 Å². The Kier molecular flexibility index (Phi) is 6.88. The summed E-state index contributed by atoms with van der Waals surface area (Å²) in [6.07, 6.45) is 2.62. The summed E-state index contributed by atoms with van der Waals surface area (Å²) < 4.78 is 30.7. The second-order valence-electron chi connectivity index (χ2n) is 7.08. The van der Waals surface area contributed by atoms with E-state index < -0.39 is 10.0 Å². The van der Waals surface area contributed by atoms with E-state index in [4.69, 9.17) is 4.74 Å². The molecule has 0 fully saturated rings. The van der Waals surface area contributed by atoms with Crippen molar-refractivity contribution in [3.05, 3.63) is 29.8 Å². The first-order valence-electron chi connectivity index (χ1n) is 8.97. The number of nitrogens with one attached hydrogen (secondary N) is 3. The Labute approximate surface area is 156 Å². The Morgan fingerprint density at radius 3 is 2.77 bits per heavy atom. The van der Waals surface area contributed by atoms with Gasteiger partial charge in [0.05, 0.1) is 12.3 Å². The van der Waals surface area contributed by atoms with Gasteiger partial charge >= 0.3 is 0 Å². The van der Waals surface area contributed by atoms with Crippen molar-refractivity contribution in [3.63, 3.8) is 0 Å². The van der Waals surface area contributed by atoms with Crippen molar-refractivity contribution in [1.82, 2.24) is 15.4 Å². The number of ether oxygens (including phenoxy) is 1. The van der Waals surface area contributed by atoms with Crippen molar-refractivity contribution in [2.75, 3.05) is 25.9 Å². The maximum atomic E-state index is 11.1. The molecule has 3 N–H and O–H groups in total. The molecule has 0 saturated carbocycles. The van der Waals surface area contributed by atoms with Crippen LogP contribution >= 0.6 is 0 Å². The summed E-state index contributed by atoms with van der Waals surface area (Å²) in [7, 11) is -3.15. The summed E-state index contributed by atoms with van der Waals surface area (Å²) in [5.41, 5.74) is 0.860. The molecule has 1 atom stereocenters. The molecule has 26 heavy (non-hydrogen) atoms. The third-order valence-electron chi connectivity index (χ3n) is 4.00. The highest BCUT2D eigenvalue weighted by Crippen LogP contribution is 2.39. The van der Waals surface area contributed by atoms with Gasteiger partial charge in [0.2, 0.25) is 10.0 Å². The van der Waals surface area contributed by atoms with Crippen molar-refractivity contribution in [3.8, 4) is 5.75 Å². The number of hydrogen-bond donors (Lipinski definition) is 3. The number of benzene rings is 1. The summed E-state index contributed by atoms with van der Waals surface area (Å²) in [5, 5.41) is 6.75. The van der Waals surface area contributed by atoms with Crippen LogP contribution in [-0.4, -0.2) is 45.9 Å². The standard InChI is InChI=1S/C18H30N4O3S/c1-5-19-17(20-11-8-12-21-26(4,23)24)22-15-13-18(2,3)25-16-10-7-6-9-14(15)16/h6-7,9-10,15,21H,5,8,11-13H2,1-4H3,(H2,19,20,22). The fraction of sp³-hybridized carbons (Fsp3) is 0.611. The van der Waals surface area contributed by atoms with Crippen LogP contribution in [0.5, 0.6) is 5.75 Å². The van der Waals surface area contributed by atoms with Crippen LogP contribution in [0.2, 0.25) is 0 Å². The molecule has 1 unspecified atom stereocenters. The predicted molar refractivity (Wildman–Crippen MR) is 105 cm³/mol. The first-order valence-corrected chi connectivity index (χ1v) is 10.9. The smallest absolute Gasteiger partial charge is 0.208 e. The highest BCUT2D eigenvalue weighted by Gasteiger charge is 2.33. The minimum absolute atomic E-state index is 0.0990. The molecule has 7 nitrogen and oxygen atoms in total. The third kappa shape index (κ3) is 6.49. The molecule has 1 aliphatic rings. The van der Waals surface area contributed by atoms with Gasteiger partial charge in [-0.25, -0.2) is 13.1 Å². The average molecular weight is 383 g/mol. The SMILES string of the molecule is CCNC(=NCCCNS(C)(=O)=O)NC1CC(C)(C)Oc2ccccc21. The molecular formula is C18H30N4O3S. The lowest BCUT2D eigenvalue weighted by Crippen LogP contribution is -2.45. The zero-order chi connectivity index (χ0) is 19.2. The fourth-order valence-electron chi connectivity index (χ4n) is 2.94. The van der Waals surface area contributed by atoms with Crippen molar-refractivity contribution in [2.45, 2.75) is 45.3 Å². The van der Waals surface area contributed by atoms with Gasteiger partial charge in [-0.1, -0.05) is 18.2 Å². The van der Waals surface area contributed by atoms with Crippen molar-refractivity contribution in [1.29, 1.82) is 0 Å². The van der Waals surface area contributed by atoms with Crippen LogP contribution in [0.4, 0.5) is 0 Å². The molecule has 146 valence electrons. The van der Waals surface area contributed by atoms with E-state index in [-0.39, 0.29) is 11.6 Å². The minimum atomic E-state index is -3.15. The fourth-order valence-corrected chi connectivity index (χ4v) is 3.46. The summed E-state index contributed by atoms with van der Waals surface area (Å²) in [6.45, 7) is 7.85. The maximum Gasteiger partial charge on any atom is 0.208 e. The number of guanidine groups is 1. The van der Waals surface area contributed by atoms with Gasteiger partial charge in [0, 0.05) is 31.6 Å². The number of rotatable bonds is 7. The summed E-state index contributed by atoms with van der Waals surface area (Å²) >= 11 is 0. The van der Waals surface area contributed by atoms with E-state index in [1.54, 1.807) is 0 Å². The van der Waals surface area contributed by atoms with Gasteiger partial charge in [-0.15, -0.1) is 0 Å². The average Bonchev–Trinajstić information content (AvgIpc) is 2.52. The zero-order valence-electron chi connectivity index (χ0n) is 16.0. The quantitative estimate of drug-likeness (QED) is 0.380. The van der Waals surface area contributed by atoms with Gasteiger partial charge in [-0.05, 0) is 33.3 Å². The van der Waals surface area contributed by atoms with Crippen molar-refractivity contribution >= 4 is 16.0 Å². The van der Waals surface area contributed by atoms with Gasteiger partial charge in [0.15, 0.2) is 5.96 Å². The summed E-state index contributed by atoms with van der Waals surface area (Å²) in [4.78, 5) is 4.57. The van der Waals surface area contributed by atoms with Crippen LogP contribution in [0.25, 0.3) is 0 Å². The largest absolute Gasteiger partial charge is 0.487 e. The molecular weight excluding hydrogens is 352 g/mol. The lowest BCUT2D eigenvalue weighted by molar-refractivity contribution is 0.0694. The Hall–Kier alpha value is -1.80. The molecule has 1 aliphatic heterocycles. The van der Waals surface area contributed by atoms with Crippen LogP contribution in [0, 0.1) is 0 Å². The predicted octanol–water partition coefficient (Wildman–Crippen LogP) is 1.78. The van der Waals surface area contributed by atoms with Crippen LogP contribution in [0.3, 0.4) is 0 Å². The molecule has 0 radical (unpaired) electrons. The summed E-state index contributed by atoms with van der Waals surface area (Å²) in [5.74, 6) is 1.62. The van der Waals surface area contributed by atoms with Crippen molar-refractivity contribution < 1.29 is 13.2 Å². The minimum Gasteiger partial charge on any atom is -0.487 e. The Morgan fingerprint density at radius 2 is 2.08 bits per heavy atom. The van der Waals surface area contributed by atoms with E-state index in [2.05, 4.69) is 40.3 Å². The van der Waals surface area contributed by atoms with Crippen LogP contribution in [0.15, 0.2) is 29.3 Å². The molecule has 0 bridgehead atoms. The first-order chi connectivity index (χ1) is 12.2. The highest BCUT2D eigenvalue weighted by atomic mass is 32.2. The van der Waals surface area contributed by atoms with Gasteiger partial charge in [0.1, 0.15) is 11.4 Å². The van der Waals surface area contributed by atoms with Crippen LogP contribution < -0.4 is 20.1 Å². The molecule has 1 heterocycles. The number of hydrogen-bond acceptors (Lipinski definition) is 4. The molecule has 0 saturated heterocycles. The molecule has 2 rings (SSSR count). The second kappa shape index (κ2) is 8.73. The topological polar surface area (TPSA) is 91.8 Å². The number of nitrogens with zero attached hydrogens (tertiary/aromatic N) is 1. The Balaban J connectivity index is 2.03. The van der Waals surface area contributed by atoms with Gasteiger partial charge < -0.3 is 15.4 Å². The van der Waals surface area contributed by atoms with Crippen molar-refractivity contribution in [2.24, 2.45) is 4.99 Å². The van der Waals surface area contributed by atoms with Crippen LogP contribution in [-0.2, 0) is 10.0 Å². The van der Waals surface area contributed by atoms with E-state index >= 15 is 0 Å². The number of sulfonamides is 1. The third-order valence-corrected chi connectivity index (χ3v) is 4.73. The van der Waals surface area contributed by atoms with Gasteiger partial charge in [0.25, 0.3) is 0 Å². The second-order valence-corrected chi connectivity index (χ2v) is 8.91. The van der Waals surface area contributed by atoms with Gasteiger partial charge in [-0.2, -0.15) is 0 Å². The first kappa shape index (κ1) is 20.5. The molecule has 0 aromatic heterocycles. The lowest BCUT2D eigenvalue weighted by atomic mass is 9.90. The highest BCUT2D eigenvalue weighted by molar-refractivity contribution is 7.88. The van der Waals surface area contributed by atoms with Gasteiger partial charge in [-0.3, -0.25) is 4.99 Å². The zero-order valence-corrected chi connectivity index (χ0v) is 16.8. The summed E-state index contributed by atoms with van der Waals surface area (Å²) in [6, 6.07) is 8.15. The number of fused-ring (bicyclic) bond motifs is 1. The molecule has 1 aromatic carbocycles. The molecule has 0 amide bonds. The van der Waals surface area contributed by atoms with E-state index in [1.807, 2.05) is 25.1 Å². The Bertz CT molecular complexity index is 732. The van der Waals surface area contributed by atoms with E-state index in [1.165, 1.54) is 0 Å².